The molecule has 0 spiro atoms. The van der Waals surface area contributed by atoms with Crippen LogP contribution < -0.4 is 10.9 Å². The zero-order valence-electron chi connectivity index (χ0n) is 19.2. The van der Waals surface area contributed by atoms with Crippen molar-refractivity contribution in [1.82, 2.24) is 24.8 Å². The van der Waals surface area contributed by atoms with E-state index in [0.29, 0.717) is 22.8 Å². The Kier molecular flexibility index (Phi) is 6.60. The Hall–Kier alpha value is -3.62. The van der Waals surface area contributed by atoms with Crippen molar-refractivity contribution in [2.24, 2.45) is 0 Å². The number of aromatic nitrogens is 4. The van der Waals surface area contributed by atoms with Crippen LogP contribution >= 0.6 is 0 Å². The molecule has 0 unspecified atom stereocenters. The van der Waals surface area contributed by atoms with Crippen LogP contribution in [0.3, 0.4) is 0 Å². The van der Waals surface area contributed by atoms with Gasteiger partial charge in [0.2, 0.25) is 0 Å². The van der Waals surface area contributed by atoms with Crippen molar-refractivity contribution in [2.75, 3.05) is 38.7 Å². The van der Waals surface area contributed by atoms with Crippen molar-refractivity contribution in [3.8, 4) is 11.3 Å². The number of ether oxygens (including phenoxy) is 1. The minimum Gasteiger partial charge on any atom is -0.383 e. The van der Waals surface area contributed by atoms with Gasteiger partial charge in [0.25, 0.3) is 5.56 Å². The van der Waals surface area contributed by atoms with Gasteiger partial charge in [-0.15, -0.1) is 0 Å². The Balaban J connectivity index is 1.38. The maximum atomic E-state index is 12.6. The minimum absolute atomic E-state index is 0.180. The van der Waals surface area contributed by atoms with Crippen molar-refractivity contribution in [3.05, 3.63) is 77.2 Å². The van der Waals surface area contributed by atoms with Gasteiger partial charge in [-0.05, 0) is 67.1 Å². The quantitative estimate of drug-likeness (QED) is 0.435. The molecule has 5 rings (SSSR count). The normalized spacial score (nSPS) is 15.0. The molecule has 0 amide bonds. The van der Waals surface area contributed by atoms with Gasteiger partial charge in [0, 0.05) is 43.5 Å². The Labute approximate surface area is 198 Å². The molecule has 1 aliphatic rings. The highest BCUT2D eigenvalue weighted by Crippen LogP contribution is 2.31. The Morgan fingerprint density at radius 3 is 2.62 bits per heavy atom. The molecule has 0 atom stereocenters. The van der Waals surface area contributed by atoms with Crippen LogP contribution in [0.5, 0.6) is 0 Å². The monoisotopic (exact) mass is 456 g/mol. The van der Waals surface area contributed by atoms with E-state index in [1.165, 1.54) is 11.9 Å². The van der Waals surface area contributed by atoms with E-state index >= 15 is 0 Å². The summed E-state index contributed by atoms with van der Waals surface area (Å²) in [6, 6.07) is 12.2. The molecule has 174 valence electrons. The molecule has 0 aliphatic carbocycles. The number of hydrogen-bond donors (Lipinski definition) is 2. The number of pyridine rings is 2. The lowest BCUT2D eigenvalue weighted by Gasteiger charge is -2.32. The third kappa shape index (κ3) is 4.83. The number of H-pyrrole nitrogens is 1. The van der Waals surface area contributed by atoms with Gasteiger partial charge in [-0.1, -0.05) is 12.1 Å². The first-order valence-corrected chi connectivity index (χ1v) is 11.6. The molecule has 34 heavy (non-hydrogen) atoms. The first-order chi connectivity index (χ1) is 16.7. The van der Waals surface area contributed by atoms with E-state index < -0.39 is 0 Å². The molecule has 8 heteroatoms. The van der Waals surface area contributed by atoms with Gasteiger partial charge in [0.05, 0.1) is 17.7 Å². The summed E-state index contributed by atoms with van der Waals surface area (Å²) in [4.78, 5) is 30.8. The molecular weight excluding hydrogens is 428 g/mol. The summed E-state index contributed by atoms with van der Waals surface area (Å²) in [5.74, 6) is 1.08. The number of piperidine rings is 1. The number of nitrogens with zero attached hydrogens (tertiary/aromatic N) is 4. The van der Waals surface area contributed by atoms with Crippen molar-refractivity contribution in [3.63, 3.8) is 0 Å². The standard InChI is InChI=1S/C26H28N6O2/c1-34-13-12-32-10-7-19(8-11-32)18-2-4-22(5-3-18)30-25-24-20(6-9-29-26(24)33)14-23(31-25)21-15-27-17-28-16-21/h2-6,9,14-17,19H,7-8,10-13H2,1H3,(H,29,33)(H,30,31). The first kappa shape index (κ1) is 22.2. The average molecular weight is 457 g/mol. The summed E-state index contributed by atoms with van der Waals surface area (Å²) in [6.45, 7) is 3.99. The molecule has 8 nitrogen and oxygen atoms in total. The SMILES string of the molecule is COCCN1CCC(c2ccc(Nc3nc(-c4cncnc4)cc4cc[nH]c(=O)c34)cc2)CC1. The van der Waals surface area contributed by atoms with E-state index in [9.17, 15) is 4.79 Å². The lowest BCUT2D eigenvalue weighted by Crippen LogP contribution is -2.35. The van der Waals surface area contributed by atoms with E-state index in [2.05, 4.69) is 49.4 Å². The predicted octanol–water partition coefficient (Wildman–Crippen LogP) is 3.95. The van der Waals surface area contributed by atoms with Gasteiger partial charge in [0.15, 0.2) is 0 Å². The Morgan fingerprint density at radius 1 is 1.12 bits per heavy atom. The lowest BCUT2D eigenvalue weighted by atomic mass is 9.89. The fourth-order valence-electron chi connectivity index (χ4n) is 4.57. The van der Waals surface area contributed by atoms with Crippen LogP contribution in [0.2, 0.25) is 0 Å². The number of fused-ring (bicyclic) bond motifs is 1. The smallest absolute Gasteiger partial charge is 0.259 e. The summed E-state index contributed by atoms with van der Waals surface area (Å²) in [5, 5.41) is 4.69. The van der Waals surface area contributed by atoms with E-state index in [4.69, 9.17) is 9.72 Å². The number of aromatic amines is 1. The van der Waals surface area contributed by atoms with E-state index in [1.807, 2.05) is 12.1 Å². The fourth-order valence-corrected chi connectivity index (χ4v) is 4.57. The highest BCUT2D eigenvalue weighted by atomic mass is 16.5. The van der Waals surface area contributed by atoms with Gasteiger partial charge >= 0.3 is 0 Å². The van der Waals surface area contributed by atoms with Gasteiger partial charge in [0.1, 0.15) is 12.1 Å². The van der Waals surface area contributed by atoms with Crippen LogP contribution in [-0.2, 0) is 4.74 Å². The molecule has 0 radical (unpaired) electrons. The predicted molar refractivity (Wildman–Crippen MR) is 133 cm³/mol. The molecule has 2 N–H and O–H groups in total. The minimum atomic E-state index is -0.180. The van der Waals surface area contributed by atoms with Gasteiger partial charge < -0.3 is 19.9 Å². The highest BCUT2D eigenvalue weighted by Gasteiger charge is 2.20. The number of methoxy groups -OCH3 is 1. The summed E-state index contributed by atoms with van der Waals surface area (Å²) in [7, 11) is 1.75. The van der Waals surface area contributed by atoms with Crippen LogP contribution in [0, 0.1) is 0 Å². The molecule has 0 bridgehead atoms. The van der Waals surface area contributed by atoms with Crippen LogP contribution in [-0.4, -0.2) is 58.2 Å². The van der Waals surface area contributed by atoms with Gasteiger partial charge in [-0.2, -0.15) is 0 Å². The number of nitrogens with one attached hydrogen (secondary N) is 2. The van der Waals surface area contributed by atoms with E-state index in [1.54, 1.807) is 25.7 Å². The topological polar surface area (TPSA) is 96.0 Å². The second-order valence-electron chi connectivity index (χ2n) is 8.61. The molecule has 1 saturated heterocycles. The number of rotatable bonds is 7. The van der Waals surface area contributed by atoms with Crippen LogP contribution in [0.25, 0.3) is 22.0 Å². The Morgan fingerprint density at radius 2 is 1.88 bits per heavy atom. The second-order valence-corrected chi connectivity index (χ2v) is 8.61. The average Bonchev–Trinajstić information content (AvgIpc) is 2.89. The summed E-state index contributed by atoms with van der Waals surface area (Å²) in [5.41, 5.74) is 3.56. The first-order valence-electron chi connectivity index (χ1n) is 11.6. The molecule has 4 heterocycles. The van der Waals surface area contributed by atoms with Crippen LogP contribution in [0.4, 0.5) is 11.5 Å². The molecule has 3 aromatic heterocycles. The van der Waals surface area contributed by atoms with Crippen LogP contribution in [0.15, 0.2) is 66.1 Å². The lowest BCUT2D eigenvalue weighted by molar-refractivity contribution is 0.130. The molecule has 1 aromatic carbocycles. The van der Waals surface area contributed by atoms with E-state index in [-0.39, 0.29) is 5.56 Å². The zero-order chi connectivity index (χ0) is 23.3. The summed E-state index contributed by atoms with van der Waals surface area (Å²) < 4.78 is 5.20. The maximum absolute atomic E-state index is 12.6. The summed E-state index contributed by atoms with van der Waals surface area (Å²) in [6.07, 6.45) is 8.87. The Bertz CT molecular complexity index is 1300. The maximum Gasteiger partial charge on any atom is 0.259 e. The second kappa shape index (κ2) is 10.1. The molecule has 1 fully saturated rings. The van der Waals surface area contributed by atoms with Crippen molar-refractivity contribution < 1.29 is 4.74 Å². The third-order valence-corrected chi connectivity index (χ3v) is 6.45. The summed E-state index contributed by atoms with van der Waals surface area (Å²) >= 11 is 0. The van der Waals surface area contributed by atoms with Gasteiger partial charge in [-0.25, -0.2) is 15.0 Å². The largest absolute Gasteiger partial charge is 0.383 e. The number of hydrogen-bond acceptors (Lipinski definition) is 7. The van der Waals surface area contributed by atoms with Gasteiger partial charge in [-0.3, -0.25) is 4.79 Å². The third-order valence-electron chi connectivity index (χ3n) is 6.45. The number of benzene rings is 1. The molecule has 4 aromatic rings. The number of likely N-dealkylation sites (tertiary alicyclic amines) is 1. The zero-order valence-corrected chi connectivity index (χ0v) is 19.2. The molecule has 0 saturated carbocycles. The van der Waals surface area contributed by atoms with Crippen molar-refractivity contribution >= 4 is 22.3 Å². The molecular formula is C26H28N6O2. The number of anilines is 2. The van der Waals surface area contributed by atoms with Crippen LogP contribution in [0.1, 0.15) is 24.3 Å². The highest BCUT2D eigenvalue weighted by molar-refractivity contribution is 5.95. The van der Waals surface area contributed by atoms with Crippen molar-refractivity contribution in [1.29, 1.82) is 0 Å². The van der Waals surface area contributed by atoms with Crippen molar-refractivity contribution in [2.45, 2.75) is 18.8 Å². The van der Waals surface area contributed by atoms with E-state index in [0.717, 1.165) is 55.7 Å². The molecule has 1 aliphatic heterocycles. The fraction of sp³-hybridized carbons (Fsp3) is 0.308.